The van der Waals surface area contributed by atoms with Crippen molar-refractivity contribution in [2.75, 3.05) is 5.32 Å². The lowest BCUT2D eigenvalue weighted by Gasteiger charge is -2.29. The van der Waals surface area contributed by atoms with Gasteiger partial charge in [0.25, 0.3) is 0 Å². The molecule has 2 unspecified atom stereocenters. The van der Waals surface area contributed by atoms with Crippen LogP contribution in [0.4, 0.5) is 5.69 Å². The Morgan fingerprint density at radius 3 is 2.41 bits per heavy atom. The number of anilines is 1. The SMILES string of the molecule is CC12C=CC=CC1c1cc(-c3ccc4c(c3)c3c5ccccc5ccc3n4-c3ccccc3)ccc1N2. The average Bonchev–Trinajstić information content (AvgIpc) is 3.44. The molecular formula is C35H26N2. The fraction of sp³-hybridized carbons (Fsp3) is 0.0857. The van der Waals surface area contributed by atoms with Gasteiger partial charge in [-0.05, 0) is 76.9 Å². The van der Waals surface area contributed by atoms with Gasteiger partial charge in [0.1, 0.15) is 0 Å². The van der Waals surface area contributed by atoms with Crippen molar-refractivity contribution in [3.63, 3.8) is 0 Å². The third-order valence-corrected chi connectivity index (χ3v) is 8.30. The summed E-state index contributed by atoms with van der Waals surface area (Å²) in [5.41, 5.74) is 8.72. The first-order valence-corrected chi connectivity index (χ1v) is 13.0. The predicted molar refractivity (Wildman–Crippen MR) is 157 cm³/mol. The van der Waals surface area contributed by atoms with E-state index < -0.39 is 0 Å². The second-order valence-corrected chi connectivity index (χ2v) is 10.5. The Bertz CT molecular complexity index is 1920. The van der Waals surface area contributed by atoms with Gasteiger partial charge in [-0.2, -0.15) is 0 Å². The lowest BCUT2D eigenvalue weighted by molar-refractivity contribution is 0.596. The minimum atomic E-state index is -0.0539. The molecule has 2 aliphatic rings. The molecule has 0 saturated carbocycles. The van der Waals surface area contributed by atoms with Gasteiger partial charge in [0.15, 0.2) is 0 Å². The number of nitrogens with one attached hydrogen (secondary N) is 1. The van der Waals surface area contributed by atoms with Crippen molar-refractivity contribution in [3.8, 4) is 16.8 Å². The minimum Gasteiger partial charge on any atom is -0.375 e. The number of hydrogen-bond donors (Lipinski definition) is 1. The highest BCUT2D eigenvalue weighted by Gasteiger charge is 2.39. The van der Waals surface area contributed by atoms with E-state index in [9.17, 15) is 0 Å². The summed E-state index contributed by atoms with van der Waals surface area (Å²) < 4.78 is 2.40. The maximum atomic E-state index is 3.75. The number of aromatic nitrogens is 1. The van der Waals surface area contributed by atoms with Crippen LogP contribution in [0.15, 0.2) is 127 Å². The monoisotopic (exact) mass is 474 g/mol. The van der Waals surface area contributed by atoms with Crippen LogP contribution in [0.25, 0.3) is 49.4 Å². The van der Waals surface area contributed by atoms with Crippen molar-refractivity contribution in [3.05, 3.63) is 133 Å². The Labute approximate surface area is 216 Å². The van der Waals surface area contributed by atoms with E-state index in [1.165, 1.54) is 60.6 Å². The summed E-state index contributed by atoms with van der Waals surface area (Å²) in [6.07, 6.45) is 8.93. The van der Waals surface area contributed by atoms with Crippen molar-refractivity contribution < 1.29 is 0 Å². The summed E-state index contributed by atoms with van der Waals surface area (Å²) in [6.45, 7) is 2.28. The van der Waals surface area contributed by atoms with E-state index in [0.29, 0.717) is 5.92 Å². The topological polar surface area (TPSA) is 17.0 Å². The molecular weight excluding hydrogens is 448 g/mol. The van der Waals surface area contributed by atoms with Crippen molar-refractivity contribution in [1.82, 2.24) is 4.57 Å². The van der Waals surface area contributed by atoms with Crippen LogP contribution in [0.1, 0.15) is 18.4 Å². The maximum Gasteiger partial charge on any atom is 0.0635 e. The molecule has 0 amide bonds. The maximum absolute atomic E-state index is 3.75. The van der Waals surface area contributed by atoms with Gasteiger partial charge in [-0.1, -0.05) is 85.0 Å². The van der Waals surface area contributed by atoms with Gasteiger partial charge in [-0.3, -0.25) is 0 Å². The van der Waals surface area contributed by atoms with Crippen LogP contribution in [0.2, 0.25) is 0 Å². The third-order valence-electron chi connectivity index (χ3n) is 8.30. The van der Waals surface area contributed by atoms with Crippen LogP contribution in [0.5, 0.6) is 0 Å². The van der Waals surface area contributed by atoms with Gasteiger partial charge < -0.3 is 9.88 Å². The molecule has 2 heteroatoms. The largest absolute Gasteiger partial charge is 0.375 e. The number of allylic oxidation sites excluding steroid dienone is 2. The van der Waals surface area contributed by atoms with Gasteiger partial charge in [-0.15, -0.1) is 0 Å². The average molecular weight is 475 g/mol. The van der Waals surface area contributed by atoms with E-state index in [0.717, 1.165) is 0 Å². The molecule has 2 heterocycles. The highest BCUT2D eigenvalue weighted by Crippen LogP contribution is 2.47. The number of hydrogen-bond acceptors (Lipinski definition) is 1. The summed E-state index contributed by atoms with van der Waals surface area (Å²) in [7, 11) is 0. The Balaban J connectivity index is 1.38. The molecule has 1 aliphatic carbocycles. The quantitative estimate of drug-likeness (QED) is 0.265. The van der Waals surface area contributed by atoms with Crippen LogP contribution < -0.4 is 5.32 Å². The van der Waals surface area contributed by atoms with Crippen LogP contribution in [-0.4, -0.2) is 10.1 Å². The Kier molecular flexibility index (Phi) is 4.16. The van der Waals surface area contributed by atoms with Crippen LogP contribution in [0, 0.1) is 0 Å². The second-order valence-electron chi connectivity index (χ2n) is 10.5. The lowest BCUT2D eigenvalue weighted by atomic mass is 9.81. The zero-order valence-electron chi connectivity index (χ0n) is 20.6. The lowest BCUT2D eigenvalue weighted by Crippen LogP contribution is -2.33. The first-order chi connectivity index (χ1) is 18.2. The zero-order valence-corrected chi connectivity index (χ0v) is 20.6. The van der Waals surface area contributed by atoms with E-state index in [4.69, 9.17) is 0 Å². The zero-order chi connectivity index (χ0) is 24.6. The van der Waals surface area contributed by atoms with E-state index in [1.807, 2.05) is 0 Å². The van der Waals surface area contributed by atoms with Gasteiger partial charge >= 0.3 is 0 Å². The molecule has 0 fully saturated rings. The van der Waals surface area contributed by atoms with Gasteiger partial charge in [0.05, 0.1) is 16.6 Å². The van der Waals surface area contributed by atoms with Crippen LogP contribution in [0.3, 0.4) is 0 Å². The number of para-hydroxylation sites is 1. The van der Waals surface area contributed by atoms with Crippen LogP contribution in [-0.2, 0) is 0 Å². The molecule has 176 valence electrons. The standard InChI is InChI=1S/C35H26N2/c1-35-20-8-7-13-30(35)28-21-24(14-17-31(28)36-35)25-16-18-32-29(22-25)34-27-12-6-5-9-23(27)15-19-33(34)37(32)26-10-3-2-4-11-26/h2-22,30,36H,1H3. The molecule has 0 saturated heterocycles. The first kappa shape index (κ1) is 20.6. The number of benzene rings is 5. The second kappa shape index (κ2) is 7.47. The Morgan fingerprint density at radius 2 is 1.49 bits per heavy atom. The summed E-state index contributed by atoms with van der Waals surface area (Å²) in [5, 5.41) is 8.92. The molecule has 2 atom stereocenters. The van der Waals surface area contributed by atoms with Gasteiger partial charge in [-0.25, -0.2) is 0 Å². The third kappa shape index (κ3) is 2.93. The fourth-order valence-corrected chi connectivity index (χ4v) is 6.51. The van der Waals surface area contributed by atoms with Gasteiger partial charge in [0, 0.05) is 28.1 Å². The molecule has 0 radical (unpaired) electrons. The van der Waals surface area contributed by atoms with Crippen molar-refractivity contribution in [2.24, 2.45) is 0 Å². The number of fused-ring (bicyclic) bond motifs is 8. The summed E-state index contributed by atoms with van der Waals surface area (Å²) >= 11 is 0. The molecule has 1 aromatic heterocycles. The fourth-order valence-electron chi connectivity index (χ4n) is 6.51. The summed E-state index contributed by atoms with van der Waals surface area (Å²) in [6, 6.07) is 37.8. The van der Waals surface area contributed by atoms with Gasteiger partial charge in [0.2, 0.25) is 0 Å². The highest BCUT2D eigenvalue weighted by molar-refractivity contribution is 6.21. The molecule has 1 aliphatic heterocycles. The van der Waals surface area contributed by atoms with Crippen molar-refractivity contribution in [1.29, 1.82) is 0 Å². The molecule has 1 N–H and O–H groups in total. The molecule has 0 spiro atoms. The van der Waals surface area contributed by atoms with E-state index in [-0.39, 0.29) is 5.54 Å². The normalized spacial score (nSPS) is 19.9. The molecule has 5 aromatic carbocycles. The van der Waals surface area contributed by atoms with Crippen LogP contribution >= 0.6 is 0 Å². The molecule has 2 nitrogen and oxygen atoms in total. The number of nitrogens with zero attached hydrogens (tertiary/aromatic N) is 1. The smallest absolute Gasteiger partial charge is 0.0635 e. The van der Waals surface area contributed by atoms with Crippen molar-refractivity contribution >= 4 is 38.3 Å². The van der Waals surface area contributed by atoms with Crippen molar-refractivity contribution in [2.45, 2.75) is 18.4 Å². The predicted octanol–water partition coefficient (Wildman–Crippen LogP) is 9.00. The molecule has 0 bridgehead atoms. The first-order valence-electron chi connectivity index (χ1n) is 13.0. The summed E-state index contributed by atoms with van der Waals surface area (Å²) in [4.78, 5) is 0. The van der Waals surface area contributed by atoms with E-state index in [2.05, 4.69) is 144 Å². The molecule has 6 aromatic rings. The Morgan fingerprint density at radius 1 is 0.703 bits per heavy atom. The summed E-state index contributed by atoms with van der Waals surface area (Å²) in [5.74, 6) is 0.347. The Hall–Kier alpha value is -4.56. The minimum absolute atomic E-state index is 0.0539. The van der Waals surface area contributed by atoms with E-state index >= 15 is 0 Å². The number of rotatable bonds is 2. The molecule has 8 rings (SSSR count). The highest BCUT2D eigenvalue weighted by atomic mass is 15.0. The molecule has 37 heavy (non-hydrogen) atoms. The van der Waals surface area contributed by atoms with E-state index in [1.54, 1.807) is 0 Å².